The van der Waals surface area contributed by atoms with E-state index in [1.54, 1.807) is 23.6 Å². The Kier molecular flexibility index (Phi) is 5.41. The number of aromatic carboxylic acids is 1. The lowest BCUT2D eigenvalue weighted by atomic mass is 9.98. The van der Waals surface area contributed by atoms with Gasteiger partial charge in [-0.3, -0.25) is 9.59 Å². The van der Waals surface area contributed by atoms with Crippen molar-refractivity contribution >= 4 is 28.3 Å². The summed E-state index contributed by atoms with van der Waals surface area (Å²) in [4.78, 5) is 36.5. The summed E-state index contributed by atoms with van der Waals surface area (Å²) in [5.74, 6) is -1.23. The van der Waals surface area contributed by atoms with Crippen LogP contribution in [0.1, 0.15) is 28.9 Å². The SMILES string of the molecule is C=CC(=O)Nc1ccc2c(=O)n(CC3CCOCC3)c(C)c(C(=O)O)c2c1. The molecule has 2 N–H and O–H groups in total. The molecule has 0 unspecified atom stereocenters. The van der Waals surface area contributed by atoms with E-state index in [4.69, 9.17) is 4.74 Å². The number of anilines is 1. The van der Waals surface area contributed by atoms with Crippen LogP contribution in [0.3, 0.4) is 0 Å². The van der Waals surface area contributed by atoms with E-state index in [9.17, 15) is 19.5 Å². The maximum absolute atomic E-state index is 13.0. The van der Waals surface area contributed by atoms with E-state index < -0.39 is 11.9 Å². The summed E-state index contributed by atoms with van der Waals surface area (Å²) in [6.45, 7) is 6.83. The Bertz CT molecular complexity index is 970. The van der Waals surface area contributed by atoms with Gasteiger partial charge in [0.05, 0.1) is 5.56 Å². The molecule has 1 fully saturated rings. The lowest BCUT2D eigenvalue weighted by Crippen LogP contribution is -2.30. The molecule has 27 heavy (non-hydrogen) atoms. The van der Waals surface area contributed by atoms with Gasteiger partial charge in [-0.2, -0.15) is 0 Å². The van der Waals surface area contributed by atoms with Gasteiger partial charge in [0.1, 0.15) is 0 Å². The highest BCUT2D eigenvalue weighted by Crippen LogP contribution is 2.25. The molecule has 1 aromatic carbocycles. The minimum atomic E-state index is -1.11. The van der Waals surface area contributed by atoms with Crippen LogP contribution >= 0.6 is 0 Å². The van der Waals surface area contributed by atoms with Crippen LogP contribution in [0, 0.1) is 12.8 Å². The lowest BCUT2D eigenvalue weighted by Gasteiger charge is -2.24. The van der Waals surface area contributed by atoms with Crippen molar-refractivity contribution in [2.24, 2.45) is 5.92 Å². The van der Waals surface area contributed by atoms with Gasteiger partial charge >= 0.3 is 5.97 Å². The highest BCUT2D eigenvalue weighted by Gasteiger charge is 2.22. The van der Waals surface area contributed by atoms with Crippen molar-refractivity contribution in [3.63, 3.8) is 0 Å². The molecule has 0 spiro atoms. The average molecular weight is 370 g/mol. The zero-order chi connectivity index (χ0) is 19.6. The maximum atomic E-state index is 13.0. The van der Waals surface area contributed by atoms with E-state index in [0.29, 0.717) is 41.9 Å². The first-order valence-corrected chi connectivity index (χ1v) is 8.84. The minimum absolute atomic E-state index is 0.0753. The first-order valence-electron chi connectivity index (χ1n) is 8.84. The Balaban J connectivity index is 2.14. The molecule has 0 bridgehead atoms. The topological polar surface area (TPSA) is 97.6 Å². The standard InChI is InChI=1S/C20H22N2O5/c1-3-17(23)21-14-4-5-15-16(10-14)18(20(25)26)12(2)22(19(15)24)11-13-6-8-27-9-7-13/h3-5,10,13H,1,6-9,11H2,2H3,(H,21,23)(H,25,26). The van der Waals surface area contributed by atoms with Gasteiger partial charge in [-0.15, -0.1) is 0 Å². The number of carboxylic acids is 1. The highest BCUT2D eigenvalue weighted by molar-refractivity contribution is 6.06. The molecule has 7 nitrogen and oxygen atoms in total. The Morgan fingerprint density at radius 3 is 2.67 bits per heavy atom. The fraction of sp³-hybridized carbons (Fsp3) is 0.350. The van der Waals surface area contributed by atoms with Gasteiger partial charge in [-0.1, -0.05) is 6.58 Å². The number of hydrogen-bond acceptors (Lipinski definition) is 4. The van der Waals surface area contributed by atoms with Crippen molar-refractivity contribution in [3.05, 3.63) is 52.5 Å². The smallest absolute Gasteiger partial charge is 0.338 e. The van der Waals surface area contributed by atoms with E-state index in [1.807, 2.05) is 0 Å². The summed E-state index contributed by atoms with van der Waals surface area (Å²) in [7, 11) is 0. The minimum Gasteiger partial charge on any atom is -0.478 e. The van der Waals surface area contributed by atoms with E-state index in [-0.39, 0.29) is 17.0 Å². The van der Waals surface area contributed by atoms with Crippen molar-refractivity contribution in [2.75, 3.05) is 18.5 Å². The third-order valence-electron chi connectivity index (χ3n) is 4.98. The van der Waals surface area contributed by atoms with Crippen LogP contribution in [0.4, 0.5) is 5.69 Å². The lowest BCUT2D eigenvalue weighted by molar-refractivity contribution is -0.111. The van der Waals surface area contributed by atoms with Crippen molar-refractivity contribution in [3.8, 4) is 0 Å². The molecule has 2 aromatic rings. The molecule has 1 aromatic heterocycles. The summed E-state index contributed by atoms with van der Waals surface area (Å²) < 4.78 is 6.92. The molecule has 0 saturated carbocycles. The van der Waals surface area contributed by atoms with Crippen LogP contribution in [0.25, 0.3) is 10.8 Å². The molecule has 7 heteroatoms. The zero-order valence-electron chi connectivity index (χ0n) is 15.2. The van der Waals surface area contributed by atoms with Crippen LogP contribution in [-0.2, 0) is 16.1 Å². The number of hydrogen-bond donors (Lipinski definition) is 2. The molecule has 2 heterocycles. The van der Waals surface area contributed by atoms with Gasteiger partial charge in [0.15, 0.2) is 0 Å². The number of fused-ring (bicyclic) bond motifs is 1. The van der Waals surface area contributed by atoms with E-state index >= 15 is 0 Å². The van der Waals surface area contributed by atoms with Crippen LogP contribution in [0.15, 0.2) is 35.6 Å². The van der Waals surface area contributed by atoms with Gasteiger partial charge < -0.3 is 19.7 Å². The number of rotatable bonds is 5. The number of benzene rings is 1. The second-order valence-electron chi connectivity index (χ2n) is 6.69. The normalized spacial score (nSPS) is 14.9. The van der Waals surface area contributed by atoms with Gasteiger partial charge in [0, 0.05) is 41.9 Å². The molecule has 0 aliphatic carbocycles. The predicted molar refractivity (Wildman–Crippen MR) is 102 cm³/mol. The van der Waals surface area contributed by atoms with Gasteiger partial charge in [-0.25, -0.2) is 4.79 Å². The first-order chi connectivity index (χ1) is 12.9. The number of pyridine rings is 1. The molecule has 1 saturated heterocycles. The number of amides is 1. The van der Waals surface area contributed by atoms with Crippen LogP contribution in [0.2, 0.25) is 0 Å². The third kappa shape index (κ3) is 3.78. The highest BCUT2D eigenvalue weighted by atomic mass is 16.5. The predicted octanol–water partition coefficient (Wildman–Crippen LogP) is 2.56. The summed E-state index contributed by atoms with van der Waals surface area (Å²) in [6, 6.07) is 4.67. The summed E-state index contributed by atoms with van der Waals surface area (Å²) in [5.41, 5.74) is 0.682. The zero-order valence-corrected chi connectivity index (χ0v) is 15.2. The second kappa shape index (κ2) is 7.75. The largest absolute Gasteiger partial charge is 0.478 e. The Morgan fingerprint density at radius 1 is 1.33 bits per heavy atom. The van der Waals surface area contributed by atoms with Gasteiger partial charge in [0.2, 0.25) is 5.91 Å². The van der Waals surface area contributed by atoms with E-state index in [0.717, 1.165) is 18.9 Å². The average Bonchev–Trinajstić information content (AvgIpc) is 2.65. The summed E-state index contributed by atoms with van der Waals surface area (Å²) in [5, 5.41) is 13.0. The number of carbonyl (C=O) groups excluding carboxylic acids is 1. The van der Waals surface area contributed by atoms with Crippen LogP contribution in [-0.4, -0.2) is 34.8 Å². The van der Waals surface area contributed by atoms with Gasteiger partial charge in [-0.05, 0) is 50.0 Å². The molecule has 1 amide bonds. The van der Waals surface area contributed by atoms with E-state index in [2.05, 4.69) is 11.9 Å². The molecular formula is C20H22N2O5. The molecule has 1 aliphatic heterocycles. The number of nitrogens with one attached hydrogen (secondary N) is 1. The molecule has 0 radical (unpaired) electrons. The molecule has 142 valence electrons. The fourth-order valence-corrected chi connectivity index (χ4v) is 3.51. The Hall–Kier alpha value is -2.93. The number of aromatic nitrogens is 1. The molecule has 1 aliphatic rings. The number of carboxylic acid groups (broad SMARTS) is 1. The van der Waals surface area contributed by atoms with Gasteiger partial charge in [0.25, 0.3) is 5.56 Å². The van der Waals surface area contributed by atoms with Crippen LogP contribution in [0.5, 0.6) is 0 Å². The van der Waals surface area contributed by atoms with Crippen molar-refractivity contribution in [1.29, 1.82) is 0 Å². The van der Waals surface area contributed by atoms with Crippen molar-refractivity contribution in [1.82, 2.24) is 4.57 Å². The number of carbonyl (C=O) groups is 2. The maximum Gasteiger partial charge on any atom is 0.338 e. The first kappa shape index (κ1) is 18.8. The molecule has 0 atom stereocenters. The quantitative estimate of drug-likeness (QED) is 0.789. The second-order valence-corrected chi connectivity index (χ2v) is 6.69. The monoisotopic (exact) mass is 370 g/mol. The Morgan fingerprint density at radius 2 is 2.04 bits per heavy atom. The molecular weight excluding hydrogens is 348 g/mol. The fourth-order valence-electron chi connectivity index (χ4n) is 3.51. The summed E-state index contributed by atoms with van der Waals surface area (Å²) >= 11 is 0. The van der Waals surface area contributed by atoms with Crippen molar-refractivity contribution < 1.29 is 19.4 Å². The van der Waals surface area contributed by atoms with Crippen molar-refractivity contribution in [2.45, 2.75) is 26.3 Å². The number of ether oxygens (including phenoxy) is 1. The van der Waals surface area contributed by atoms with E-state index in [1.165, 1.54) is 6.07 Å². The third-order valence-corrected chi connectivity index (χ3v) is 4.98. The van der Waals surface area contributed by atoms with Crippen LogP contribution < -0.4 is 10.9 Å². The molecule has 3 rings (SSSR count). The number of nitrogens with zero attached hydrogens (tertiary/aromatic N) is 1. The summed E-state index contributed by atoms with van der Waals surface area (Å²) in [6.07, 6.45) is 2.82. The Labute approximate surface area is 156 Å².